The standard InChI is InChI=1S/C6H11N2.C6H6.C2F6NO4S2/c1-3-8-5-4-7(2)6-8;1-2-4-6-5-3-1;3-1(4,5)14(10,11)9-15(12,13)2(6,7)8/h4-6H,3H2,1-2H3;1-6H;/q+1;;-1. The van der Waals surface area contributed by atoms with Crippen LogP contribution in [0.5, 0.6) is 0 Å². The van der Waals surface area contributed by atoms with Gasteiger partial charge in [0.25, 0.3) is 0 Å². The number of benzene rings is 1. The highest BCUT2D eigenvalue weighted by molar-refractivity contribution is 8.13. The van der Waals surface area contributed by atoms with Crippen LogP contribution in [0.2, 0.25) is 0 Å². The van der Waals surface area contributed by atoms with Crippen LogP contribution in [0.4, 0.5) is 26.3 Å². The summed E-state index contributed by atoms with van der Waals surface area (Å²) < 4.78 is 113. The number of halogens is 6. The van der Waals surface area contributed by atoms with Crippen LogP contribution in [0.15, 0.2) is 55.1 Å². The number of sulfonamides is 2. The quantitative estimate of drug-likeness (QED) is 0.510. The van der Waals surface area contributed by atoms with Crippen molar-refractivity contribution < 1.29 is 47.7 Å². The van der Waals surface area contributed by atoms with E-state index in [0.717, 1.165) is 10.7 Å². The molecule has 0 N–H and O–H groups in total. The van der Waals surface area contributed by atoms with E-state index in [9.17, 15) is 43.2 Å². The van der Waals surface area contributed by atoms with Gasteiger partial charge in [-0.15, -0.1) is 0 Å². The lowest BCUT2D eigenvalue weighted by atomic mass is 10.4. The van der Waals surface area contributed by atoms with Crippen molar-refractivity contribution in [2.75, 3.05) is 0 Å². The van der Waals surface area contributed by atoms with Crippen LogP contribution < -0.4 is 4.57 Å². The van der Waals surface area contributed by atoms with Gasteiger partial charge in [-0.2, -0.15) is 26.3 Å². The van der Waals surface area contributed by atoms with E-state index in [4.69, 9.17) is 0 Å². The molecule has 0 aliphatic rings. The molecule has 2 aromatic rings. The van der Waals surface area contributed by atoms with Crippen LogP contribution in [0.1, 0.15) is 6.92 Å². The van der Waals surface area contributed by atoms with Gasteiger partial charge in [0, 0.05) is 0 Å². The molecule has 2 rings (SSSR count). The van der Waals surface area contributed by atoms with Gasteiger partial charge in [0.15, 0.2) is 20.0 Å². The topological polar surface area (TPSA) is 91.2 Å². The lowest BCUT2D eigenvalue weighted by Gasteiger charge is -2.22. The first-order chi connectivity index (χ1) is 13.0. The molecular weight excluding hydrogens is 452 g/mol. The average molecular weight is 469 g/mol. The first-order valence-corrected chi connectivity index (χ1v) is 10.3. The molecule has 0 atom stereocenters. The minimum Gasteiger partial charge on any atom is -0.421 e. The van der Waals surface area contributed by atoms with Crippen molar-refractivity contribution in [1.29, 1.82) is 0 Å². The molecule has 1 heterocycles. The summed E-state index contributed by atoms with van der Waals surface area (Å²) in [5.41, 5.74) is -12.4. The zero-order valence-electron chi connectivity index (χ0n) is 15.0. The number of rotatable bonds is 3. The lowest BCUT2D eigenvalue weighted by Crippen LogP contribution is -2.30. The van der Waals surface area contributed by atoms with E-state index < -0.39 is 31.1 Å². The van der Waals surface area contributed by atoms with E-state index in [1.165, 1.54) is 0 Å². The molecule has 166 valence electrons. The molecule has 0 saturated carbocycles. The van der Waals surface area contributed by atoms with E-state index in [0.29, 0.717) is 0 Å². The van der Waals surface area contributed by atoms with Crippen molar-refractivity contribution in [3.63, 3.8) is 0 Å². The predicted octanol–water partition coefficient (Wildman–Crippen LogP) is 3.08. The Hall–Kier alpha value is -2.13. The summed E-state index contributed by atoms with van der Waals surface area (Å²) in [5, 5.41) is 0. The van der Waals surface area contributed by atoms with Crippen molar-refractivity contribution in [2.45, 2.75) is 24.5 Å². The molecule has 0 aliphatic carbocycles. The average Bonchev–Trinajstić information content (AvgIpc) is 3.00. The van der Waals surface area contributed by atoms with E-state index >= 15 is 0 Å². The van der Waals surface area contributed by atoms with Gasteiger partial charge < -0.3 is 4.13 Å². The van der Waals surface area contributed by atoms with E-state index in [-0.39, 0.29) is 0 Å². The number of imidazole rings is 1. The largest absolute Gasteiger partial charge is 0.480 e. The second kappa shape index (κ2) is 10.6. The molecule has 1 aromatic heterocycles. The van der Waals surface area contributed by atoms with Crippen molar-refractivity contribution in [1.82, 2.24) is 4.57 Å². The van der Waals surface area contributed by atoms with Crippen LogP contribution in [0.3, 0.4) is 0 Å². The number of nitrogens with zero attached hydrogens (tertiary/aromatic N) is 3. The van der Waals surface area contributed by atoms with Gasteiger partial charge in [-0.3, -0.25) is 0 Å². The maximum Gasteiger partial charge on any atom is 0.480 e. The summed E-state index contributed by atoms with van der Waals surface area (Å²) in [4.78, 5) is 0. The van der Waals surface area contributed by atoms with Gasteiger partial charge in [0.05, 0.1) is 13.6 Å². The fourth-order valence-electron chi connectivity index (χ4n) is 1.29. The molecule has 15 heteroatoms. The third kappa shape index (κ3) is 9.76. The zero-order valence-corrected chi connectivity index (χ0v) is 16.6. The highest BCUT2D eigenvalue weighted by Crippen LogP contribution is 2.36. The highest BCUT2D eigenvalue weighted by atomic mass is 32.3. The smallest absolute Gasteiger partial charge is 0.421 e. The minimum atomic E-state index is -6.72. The highest BCUT2D eigenvalue weighted by Gasteiger charge is 2.46. The first-order valence-electron chi connectivity index (χ1n) is 7.41. The van der Waals surface area contributed by atoms with Gasteiger partial charge in [-0.25, -0.2) is 26.0 Å². The Labute approximate surface area is 163 Å². The lowest BCUT2D eigenvalue weighted by molar-refractivity contribution is -0.671. The molecule has 0 radical (unpaired) electrons. The molecule has 29 heavy (non-hydrogen) atoms. The van der Waals surface area contributed by atoms with Crippen molar-refractivity contribution >= 4 is 20.0 Å². The Morgan fingerprint density at radius 3 is 1.34 bits per heavy atom. The van der Waals surface area contributed by atoms with E-state index in [1.807, 2.05) is 54.2 Å². The van der Waals surface area contributed by atoms with Gasteiger partial charge in [-0.05, 0) is 6.92 Å². The van der Waals surface area contributed by atoms with Crippen molar-refractivity contribution in [3.8, 4) is 0 Å². The third-order valence-electron chi connectivity index (χ3n) is 2.64. The van der Waals surface area contributed by atoms with E-state index in [1.54, 1.807) is 0 Å². The molecule has 7 nitrogen and oxygen atoms in total. The van der Waals surface area contributed by atoms with Crippen molar-refractivity contribution in [2.24, 2.45) is 7.05 Å². The first kappa shape index (κ1) is 26.9. The van der Waals surface area contributed by atoms with Crippen LogP contribution in [0, 0.1) is 0 Å². The monoisotopic (exact) mass is 469 g/mol. The Kier molecular flexibility index (Phi) is 9.81. The van der Waals surface area contributed by atoms with Crippen LogP contribution in [0.25, 0.3) is 4.13 Å². The molecule has 0 saturated heterocycles. The minimum absolute atomic E-state index is 0.778. The third-order valence-corrected chi connectivity index (χ3v) is 5.38. The summed E-state index contributed by atoms with van der Waals surface area (Å²) in [6.45, 7) is 3.18. The predicted molar refractivity (Wildman–Crippen MR) is 91.0 cm³/mol. The Morgan fingerprint density at radius 2 is 1.17 bits per heavy atom. The molecule has 0 aliphatic heterocycles. The zero-order chi connectivity index (χ0) is 22.9. The number of alkyl halides is 6. The summed E-state index contributed by atoms with van der Waals surface area (Å²) in [6, 6.07) is 12.0. The van der Waals surface area contributed by atoms with Crippen molar-refractivity contribution in [3.05, 3.63) is 59.2 Å². The fourth-order valence-corrected chi connectivity index (χ4v) is 3.00. The molecule has 1 aromatic carbocycles. The summed E-state index contributed by atoms with van der Waals surface area (Å²) in [6.07, 6.45) is 6.14. The molecule has 0 fully saturated rings. The Balaban J connectivity index is 0.000000460. The second-order valence-electron chi connectivity index (χ2n) is 4.98. The van der Waals surface area contributed by atoms with Crippen LogP contribution in [-0.2, 0) is 33.6 Å². The summed E-state index contributed by atoms with van der Waals surface area (Å²) in [7, 11) is -11.4. The van der Waals surface area contributed by atoms with Crippen LogP contribution in [-0.4, -0.2) is 32.4 Å². The fraction of sp³-hybridized carbons (Fsp3) is 0.357. The van der Waals surface area contributed by atoms with Crippen LogP contribution >= 0.6 is 0 Å². The summed E-state index contributed by atoms with van der Waals surface area (Å²) >= 11 is 0. The second-order valence-corrected chi connectivity index (χ2v) is 8.40. The summed E-state index contributed by atoms with van der Waals surface area (Å²) in [5.74, 6) is 0. The van der Waals surface area contributed by atoms with Gasteiger partial charge in [0.2, 0.25) is 6.33 Å². The Morgan fingerprint density at radius 1 is 0.828 bits per heavy atom. The number of hydrogen-bond donors (Lipinski definition) is 0. The molecular formula is C14H17F6N3O4S2. The molecule has 0 spiro atoms. The Bertz CT molecular complexity index is 871. The number of aryl methyl sites for hydroxylation is 2. The molecule has 0 amide bonds. The van der Waals surface area contributed by atoms with Gasteiger partial charge >= 0.3 is 11.0 Å². The maximum atomic E-state index is 11.4. The number of hydrogen-bond acceptors (Lipinski definition) is 4. The number of aromatic nitrogens is 2. The maximum absolute atomic E-state index is 11.4. The normalized spacial score (nSPS) is 12.3. The SMILES string of the molecule is CCn1cc[n+](C)c1.O=S(=O)([N-]S(=O)(=O)C(F)(F)F)C(F)(F)F.c1ccccc1. The van der Waals surface area contributed by atoms with Gasteiger partial charge in [-0.1, -0.05) is 36.4 Å². The molecule has 0 unspecified atom stereocenters. The van der Waals surface area contributed by atoms with Gasteiger partial charge in [0.1, 0.15) is 12.4 Å². The molecule has 0 bridgehead atoms. The van der Waals surface area contributed by atoms with E-state index in [2.05, 4.69) is 24.0 Å².